The fraction of sp³-hybridized carbons (Fsp3) is 0.263. The Balaban J connectivity index is 1.85. The van der Waals surface area contributed by atoms with Gasteiger partial charge >= 0.3 is 0 Å². The van der Waals surface area contributed by atoms with Crippen LogP contribution < -0.4 is 14.8 Å². The minimum Gasteiger partial charge on any atom is -0.497 e. The van der Waals surface area contributed by atoms with Crippen LogP contribution in [-0.4, -0.2) is 34.5 Å². The zero-order valence-corrected chi connectivity index (χ0v) is 15.3. The van der Waals surface area contributed by atoms with E-state index >= 15 is 0 Å². The summed E-state index contributed by atoms with van der Waals surface area (Å²) >= 11 is 0. The maximum Gasteiger partial charge on any atom is 0.257 e. The van der Waals surface area contributed by atoms with Gasteiger partial charge in [-0.2, -0.15) is 5.10 Å². The van der Waals surface area contributed by atoms with Crippen molar-refractivity contribution in [1.82, 2.24) is 19.7 Å². The number of hydrogen-bond acceptors (Lipinski definition) is 4. The summed E-state index contributed by atoms with van der Waals surface area (Å²) < 4.78 is 14.2. The number of amides is 1. The van der Waals surface area contributed by atoms with Gasteiger partial charge in [-0.3, -0.25) is 9.48 Å². The second-order valence-corrected chi connectivity index (χ2v) is 5.90. The first kappa shape index (κ1) is 17.6. The number of aromatic nitrogens is 3. The van der Waals surface area contributed by atoms with Gasteiger partial charge in [-0.25, -0.2) is 0 Å². The molecule has 0 aliphatic rings. The lowest BCUT2D eigenvalue weighted by Crippen LogP contribution is -2.27. The summed E-state index contributed by atoms with van der Waals surface area (Å²) in [7, 11) is 5.00. The topological polar surface area (TPSA) is 70.3 Å². The molecule has 0 fully saturated rings. The average molecular weight is 354 g/mol. The van der Waals surface area contributed by atoms with Crippen molar-refractivity contribution in [3.8, 4) is 17.3 Å². The average Bonchev–Trinajstić information content (AvgIpc) is 3.30. The highest BCUT2D eigenvalue weighted by atomic mass is 16.5. The van der Waals surface area contributed by atoms with Gasteiger partial charge < -0.3 is 19.4 Å². The molecule has 0 spiro atoms. The number of methoxy groups -OCH3 is 2. The Morgan fingerprint density at radius 3 is 2.58 bits per heavy atom. The van der Waals surface area contributed by atoms with E-state index in [0.717, 1.165) is 5.56 Å². The molecule has 3 rings (SSSR count). The van der Waals surface area contributed by atoms with Gasteiger partial charge in [0, 0.05) is 31.1 Å². The molecule has 2 heterocycles. The number of aryl methyl sites for hydroxylation is 1. The molecule has 0 radical (unpaired) electrons. The van der Waals surface area contributed by atoms with Gasteiger partial charge in [0.2, 0.25) is 0 Å². The molecule has 1 unspecified atom stereocenters. The molecule has 3 aromatic rings. The van der Waals surface area contributed by atoms with Gasteiger partial charge in [-0.05, 0) is 31.2 Å². The van der Waals surface area contributed by atoms with E-state index < -0.39 is 0 Å². The van der Waals surface area contributed by atoms with Crippen LogP contribution in [0, 0.1) is 0 Å². The van der Waals surface area contributed by atoms with Crippen LogP contribution in [0.1, 0.15) is 28.9 Å². The molecule has 1 amide bonds. The summed E-state index contributed by atoms with van der Waals surface area (Å²) in [5, 5.41) is 7.24. The minimum absolute atomic E-state index is 0.202. The second-order valence-electron chi connectivity index (χ2n) is 5.90. The highest BCUT2D eigenvalue weighted by molar-refractivity contribution is 5.97. The van der Waals surface area contributed by atoms with Gasteiger partial charge in [0.15, 0.2) is 0 Å². The van der Waals surface area contributed by atoms with E-state index in [-0.39, 0.29) is 11.9 Å². The van der Waals surface area contributed by atoms with Gasteiger partial charge in [0.1, 0.15) is 22.9 Å². The van der Waals surface area contributed by atoms with Crippen LogP contribution in [0.25, 0.3) is 5.82 Å². The summed E-state index contributed by atoms with van der Waals surface area (Å²) in [6.45, 7) is 1.91. The van der Waals surface area contributed by atoms with Crippen LogP contribution in [0.3, 0.4) is 0 Å². The Hall–Kier alpha value is -3.22. The first-order chi connectivity index (χ1) is 12.5. The lowest BCUT2D eigenvalue weighted by atomic mass is 10.1. The largest absolute Gasteiger partial charge is 0.497 e. The van der Waals surface area contributed by atoms with Crippen LogP contribution in [-0.2, 0) is 7.05 Å². The number of rotatable bonds is 6. The van der Waals surface area contributed by atoms with Crippen LogP contribution in [0.2, 0.25) is 0 Å². The van der Waals surface area contributed by atoms with E-state index in [1.807, 2.05) is 55.2 Å². The lowest BCUT2D eigenvalue weighted by Gasteiger charge is -2.18. The molecule has 1 aromatic carbocycles. The summed E-state index contributed by atoms with van der Waals surface area (Å²) in [6, 6.07) is 9.09. The SMILES string of the molecule is COc1ccc(C(C)NC(=O)c2cnn(C)c2-n2cccc2)c(OC)c1. The Morgan fingerprint density at radius 1 is 1.19 bits per heavy atom. The molecule has 0 saturated carbocycles. The van der Waals surface area contributed by atoms with Crippen LogP contribution in [0.15, 0.2) is 48.9 Å². The second kappa shape index (κ2) is 7.35. The summed E-state index contributed by atoms with van der Waals surface area (Å²) in [4.78, 5) is 12.8. The molecular formula is C19H22N4O3. The van der Waals surface area contributed by atoms with E-state index in [1.165, 1.54) is 0 Å². The maximum atomic E-state index is 12.8. The van der Waals surface area contributed by atoms with E-state index in [9.17, 15) is 4.79 Å². The summed E-state index contributed by atoms with van der Waals surface area (Å²) in [6.07, 6.45) is 5.33. The molecule has 136 valence electrons. The van der Waals surface area contributed by atoms with Crippen molar-refractivity contribution in [3.05, 3.63) is 60.0 Å². The highest BCUT2D eigenvalue weighted by Crippen LogP contribution is 2.29. The molecule has 0 bridgehead atoms. The van der Waals surface area contributed by atoms with Gasteiger partial charge in [-0.15, -0.1) is 0 Å². The first-order valence-electron chi connectivity index (χ1n) is 8.23. The summed E-state index contributed by atoms with van der Waals surface area (Å²) in [5.74, 6) is 1.87. The van der Waals surface area contributed by atoms with Crippen molar-refractivity contribution < 1.29 is 14.3 Å². The lowest BCUT2D eigenvalue weighted by molar-refractivity contribution is 0.0939. The van der Waals surface area contributed by atoms with Gasteiger partial charge in [-0.1, -0.05) is 0 Å². The van der Waals surface area contributed by atoms with E-state index in [0.29, 0.717) is 22.9 Å². The molecule has 0 aliphatic carbocycles. The van der Waals surface area contributed by atoms with Crippen molar-refractivity contribution in [1.29, 1.82) is 0 Å². The molecule has 7 nitrogen and oxygen atoms in total. The van der Waals surface area contributed by atoms with E-state index in [1.54, 1.807) is 31.2 Å². The zero-order valence-electron chi connectivity index (χ0n) is 15.3. The predicted molar refractivity (Wildman–Crippen MR) is 98.0 cm³/mol. The number of carbonyl (C=O) groups excluding carboxylic acids is 1. The highest BCUT2D eigenvalue weighted by Gasteiger charge is 2.21. The third-order valence-electron chi connectivity index (χ3n) is 4.26. The monoisotopic (exact) mass is 354 g/mol. The third-order valence-corrected chi connectivity index (χ3v) is 4.26. The normalized spacial score (nSPS) is 11.8. The van der Waals surface area contributed by atoms with Crippen LogP contribution in [0.4, 0.5) is 0 Å². The first-order valence-corrected chi connectivity index (χ1v) is 8.23. The molecule has 0 saturated heterocycles. The zero-order chi connectivity index (χ0) is 18.7. The minimum atomic E-state index is -0.249. The Kier molecular flexibility index (Phi) is 4.97. The smallest absolute Gasteiger partial charge is 0.257 e. The van der Waals surface area contributed by atoms with Crippen molar-refractivity contribution in [2.45, 2.75) is 13.0 Å². The number of hydrogen-bond donors (Lipinski definition) is 1. The number of ether oxygens (including phenoxy) is 2. The number of nitrogens with zero attached hydrogens (tertiary/aromatic N) is 3. The molecule has 1 N–H and O–H groups in total. The predicted octanol–water partition coefficient (Wildman–Crippen LogP) is 2.72. The van der Waals surface area contributed by atoms with Crippen molar-refractivity contribution in [3.63, 3.8) is 0 Å². The quantitative estimate of drug-likeness (QED) is 0.739. The van der Waals surface area contributed by atoms with Crippen molar-refractivity contribution in [2.75, 3.05) is 14.2 Å². The summed E-state index contributed by atoms with van der Waals surface area (Å²) in [5.41, 5.74) is 1.37. The van der Waals surface area contributed by atoms with Gasteiger partial charge in [0.05, 0.1) is 26.5 Å². The van der Waals surface area contributed by atoms with Crippen molar-refractivity contribution >= 4 is 5.91 Å². The third kappa shape index (κ3) is 3.28. The van der Waals surface area contributed by atoms with Crippen LogP contribution in [0.5, 0.6) is 11.5 Å². The van der Waals surface area contributed by atoms with Gasteiger partial charge in [0.25, 0.3) is 5.91 Å². The standard InChI is InChI=1S/C19H22N4O3/c1-13(15-8-7-14(25-3)11-17(15)26-4)21-18(24)16-12-20-22(2)19(16)23-9-5-6-10-23/h5-13H,1-4H3,(H,21,24). The van der Waals surface area contributed by atoms with E-state index in [2.05, 4.69) is 10.4 Å². The maximum absolute atomic E-state index is 12.8. The fourth-order valence-electron chi connectivity index (χ4n) is 2.90. The van der Waals surface area contributed by atoms with Crippen LogP contribution >= 0.6 is 0 Å². The molecule has 26 heavy (non-hydrogen) atoms. The van der Waals surface area contributed by atoms with E-state index in [4.69, 9.17) is 9.47 Å². The molecule has 0 aliphatic heterocycles. The fourth-order valence-corrected chi connectivity index (χ4v) is 2.90. The van der Waals surface area contributed by atoms with Crippen molar-refractivity contribution in [2.24, 2.45) is 7.05 Å². The number of benzene rings is 1. The number of carbonyl (C=O) groups is 1. The Morgan fingerprint density at radius 2 is 1.92 bits per heavy atom. The molecule has 1 atom stereocenters. The number of nitrogens with one attached hydrogen (secondary N) is 1. The molecular weight excluding hydrogens is 332 g/mol. The molecule has 7 heteroatoms. The molecule has 2 aromatic heterocycles. The Bertz CT molecular complexity index is 900. The Labute approximate surface area is 152 Å².